The number of benzene rings is 2. The molecule has 2 aromatic carbocycles. The van der Waals surface area contributed by atoms with Crippen LogP contribution in [0.1, 0.15) is 29.5 Å². The van der Waals surface area contributed by atoms with E-state index in [0.29, 0.717) is 6.54 Å². The van der Waals surface area contributed by atoms with Crippen LogP contribution in [0.15, 0.2) is 42.5 Å². The monoisotopic (exact) mass is 396 g/mol. The number of likely N-dealkylation sites (tertiary alicyclic amines) is 1. The summed E-state index contributed by atoms with van der Waals surface area (Å²) in [7, 11) is 3.26. The largest absolute Gasteiger partial charge is 0.493 e. The van der Waals surface area contributed by atoms with E-state index in [9.17, 15) is 4.79 Å². The second-order valence-corrected chi connectivity index (χ2v) is 7.71. The Balaban J connectivity index is 1.41. The fourth-order valence-electron chi connectivity index (χ4n) is 3.89. The average molecular weight is 397 g/mol. The highest BCUT2D eigenvalue weighted by Gasteiger charge is 2.24. The van der Waals surface area contributed by atoms with Crippen molar-refractivity contribution in [1.29, 1.82) is 0 Å². The first-order valence-electron chi connectivity index (χ1n) is 10.4. The van der Waals surface area contributed by atoms with Crippen LogP contribution in [0.2, 0.25) is 0 Å². The molecule has 1 aliphatic rings. The third kappa shape index (κ3) is 5.73. The molecule has 3 rings (SSSR count). The highest BCUT2D eigenvalue weighted by molar-refractivity contribution is 5.78. The first-order valence-corrected chi connectivity index (χ1v) is 10.4. The fourth-order valence-corrected chi connectivity index (χ4v) is 3.89. The van der Waals surface area contributed by atoms with Crippen LogP contribution in [0.5, 0.6) is 11.5 Å². The molecule has 1 fully saturated rings. The molecule has 5 nitrogen and oxygen atoms in total. The van der Waals surface area contributed by atoms with Gasteiger partial charge in [0, 0.05) is 19.0 Å². The van der Waals surface area contributed by atoms with Crippen LogP contribution in [0.4, 0.5) is 0 Å². The van der Waals surface area contributed by atoms with Crippen molar-refractivity contribution in [3.05, 3.63) is 59.2 Å². The van der Waals surface area contributed by atoms with Crippen molar-refractivity contribution < 1.29 is 14.3 Å². The summed E-state index contributed by atoms with van der Waals surface area (Å²) in [5, 5.41) is 3.11. The maximum Gasteiger partial charge on any atom is 0.223 e. The minimum absolute atomic E-state index is 0.119. The quantitative estimate of drug-likeness (QED) is 0.741. The van der Waals surface area contributed by atoms with Gasteiger partial charge in [0.05, 0.1) is 14.2 Å². The molecule has 1 heterocycles. The molecule has 5 heteroatoms. The predicted molar refractivity (Wildman–Crippen MR) is 115 cm³/mol. The van der Waals surface area contributed by atoms with E-state index in [-0.39, 0.29) is 11.8 Å². The number of hydrogen-bond acceptors (Lipinski definition) is 4. The van der Waals surface area contributed by atoms with Crippen LogP contribution in [-0.2, 0) is 17.8 Å². The number of amides is 1. The Labute approximate surface area is 174 Å². The van der Waals surface area contributed by atoms with Crippen molar-refractivity contribution in [2.24, 2.45) is 5.92 Å². The van der Waals surface area contributed by atoms with Gasteiger partial charge in [0.25, 0.3) is 0 Å². The number of nitrogens with zero attached hydrogens (tertiary/aromatic N) is 1. The first kappa shape index (κ1) is 21.2. The molecule has 1 aliphatic heterocycles. The molecule has 0 saturated carbocycles. The van der Waals surface area contributed by atoms with Gasteiger partial charge in [-0.2, -0.15) is 0 Å². The Hall–Kier alpha value is -2.53. The van der Waals surface area contributed by atoms with Crippen molar-refractivity contribution >= 4 is 5.91 Å². The molecule has 1 saturated heterocycles. The summed E-state index contributed by atoms with van der Waals surface area (Å²) < 4.78 is 10.6. The number of piperidine rings is 1. The molecule has 29 heavy (non-hydrogen) atoms. The van der Waals surface area contributed by atoms with E-state index >= 15 is 0 Å². The van der Waals surface area contributed by atoms with Gasteiger partial charge in [-0.15, -0.1) is 0 Å². The van der Waals surface area contributed by atoms with Gasteiger partial charge in [0.2, 0.25) is 5.91 Å². The van der Waals surface area contributed by atoms with Crippen molar-refractivity contribution in [2.45, 2.75) is 32.7 Å². The van der Waals surface area contributed by atoms with Gasteiger partial charge in [-0.3, -0.25) is 9.69 Å². The van der Waals surface area contributed by atoms with E-state index in [2.05, 4.69) is 41.4 Å². The Morgan fingerprint density at radius 1 is 1.07 bits per heavy atom. The zero-order chi connectivity index (χ0) is 20.6. The second kappa shape index (κ2) is 10.3. The number of aryl methyl sites for hydroxylation is 1. The zero-order valence-corrected chi connectivity index (χ0v) is 17.7. The lowest BCUT2D eigenvalue weighted by Crippen LogP contribution is -2.40. The molecule has 0 aliphatic carbocycles. The molecule has 0 spiro atoms. The number of hydrogen-bond donors (Lipinski definition) is 1. The first-order chi connectivity index (χ1) is 14.1. The Morgan fingerprint density at radius 3 is 2.48 bits per heavy atom. The number of rotatable bonds is 8. The van der Waals surface area contributed by atoms with Gasteiger partial charge < -0.3 is 14.8 Å². The smallest absolute Gasteiger partial charge is 0.223 e. The minimum Gasteiger partial charge on any atom is -0.493 e. The summed E-state index contributed by atoms with van der Waals surface area (Å²) in [5.41, 5.74) is 3.84. The lowest BCUT2D eigenvalue weighted by atomic mass is 9.95. The van der Waals surface area contributed by atoms with E-state index in [0.717, 1.165) is 56.0 Å². The average Bonchev–Trinajstić information content (AvgIpc) is 2.75. The van der Waals surface area contributed by atoms with Gasteiger partial charge in [0.15, 0.2) is 11.5 Å². The summed E-state index contributed by atoms with van der Waals surface area (Å²) >= 11 is 0. The van der Waals surface area contributed by atoms with Gasteiger partial charge in [-0.25, -0.2) is 0 Å². The van der Waals surface area contributed by atoms with Crippen LogP contribution < -0.4 is 14.8 Å². The maximum absolute atomic E-state index is 12.6. The molecule has 0 aromatic heterocycles. The summed E-state index contributed by atoms with van der Waals surface area (Å²) in [6, 6.07) is 14.4. The number of ether oxygens (including phenoxy) is 2. The molecular weight excluding hydrogens is 364 g/mol. The summed E-state index contributed by atoms with van der Waals surface area (Å²) in [6.07, 6.45) is 2.63. The number of carbonyl (C=O) groups excluding carboxylic acids is 1. The molecule has 156 valence electrons. The van der Waals surface area contributed by atoms with Crippen molar-refractivity contribution in [3.63, 3.8) is 0 Å². The van der Waals surface area contributed by atoms with Crippen LogP contribution in [0, 0.1) is 12.8 Å². The van der Waals surface area contributed by atoms with Crippen molar-refractivity contribution in [1.82, 2.24) is 10.2 Å². The van der Waals surface area contributed by atoms with E-state index < -0.39 is 0 Å². The molecule has 0 atom stereocenters. The Morgan fingerprint density at radius 2 is 1.79 bits per heavy atom. The standard InChI is InChI=1S/C24H32N2O3/c1-18-6-4-5-7-21(18)17-26-14-11-20(12-15-26)24(27)25-13-10-19-8-9-22(28-2)23(16-19)29-3/h4-9,16,20H,10-15,17H2,1-3H3,(H,25,27). The predicted octanol–water partition coefficient (Wildman–Crippen LogP) is 3.58. The summed E-state index contributed by atoms with van der Waals surface area (Å²) in [4.78, 5) is 15.0. The van der Waals surface area contributed by atoms with Gasteiger partial charge >= 0.3 is 0 Å². The lowest BCUT2D eigenvalue weighted by molar-refractivity contribution is -0.126. The highest BCUT2D eigenvalue weighted by Crippen LogP contribution is 2.27. The molecular formula is C24H32N2O3. The van der Waals surface area contributed by atoms with Gasteiger partial charge in [0.1, 0.15) is 0 Å². The number of methoxy groups -OCH3 is 2. The zero-order valence-electron chi connectivity index (χ0n) is 17.7. The molecule has 1 amide bonds. The van der Waals surface area contributed by atoms with Crippen molar-refractivity contribution in [3.8, 4) is 11.5 Å². The van der Waals surface area contributed by atoms with Crippen molar-refractivity contribution in [2.75, 3.05) is 33.9 Å². The van der Waals surface area contributed by atoms with Crippen LogP contribution in [-0.4, -0.2) is 44.7 Å². The molecule has 2 aromatic rings. The Kier molecular flexibility index (Phi) is 7.53. The summed E-state index contributed by atoms with van der Waals surface area (Å²) in [5.74, 6) is 1.74. The second-order valence-electron chi connectivity index (χ2n) is 7.71. The molecule has 1 N–H and O–H groups in total. The molecule has 0 radical (unpaired) electrons. The lowest BCUT2D eigenvalue weighted by Gasteiger charge is -2.31. The van der Waals surface area contributed by atoms with Gasteiger partial charge in [-0.05, 0) is 68.1 Å². The molecule has 0 bridgehead atoms. The van der Waals surface area contributed by atoms with E-state index in [1.807, 2.05) is 18.2 Å². The third-order valence-electron chi connectivity index (χ3n) is 5.77. The normalized spacial score (nSPS) is 15.1. The molecule has 0 unspecified atom stereocenters. The topological polar surface area (TPSA) is 50.8 Å². The maximum atomic E-state index is 12.6. The number of nitrogens with one attached hydrogen (secondary N) is 1. The minimum atomic E-state index is 0.119. The van der Waals surface area contributed by atoms with Crippen LogP contribution >= 0.6 is 0 Å². The fraction of sp³-hybridized carbons (Fsp3) is 0.458. The van der Waals surface area contributed by atoms with E-state index in [4.69, 9.17) is 9.47 Å². The summed E-state index contributed by atoms with van der Waals surface area (Å²) in [6.45, 7) is 5.72. The highest BCUT2D eigenvalue weighted by atomic mass is 16.5. The van der Waals surface area contributed by atoms with E-state index in [1.54, 1.807) is 14.2 Å². The third-order valence-corrected chi connectivity index (χ3v) is 5.77. The van der Waals surface area contributed by atoms with Gasteiger partial charge in [-0.1, -0.05) is 30.3 Å². The Bertz CT molecular complexity index is 814. The SMILES string of the molecule is COc1ccc(CCNC(=O)C2CCN(Cc3ccccc3C)CC2)cc1OC. The van der Waals surface area contributed by atoms with E-state index in [1.165, 1.54) is 11.1 Å². The van der Waals surface area contributed by atoms with Crippen LogP contribution in [0.25, 0.3) is 0 Å². The number of carbonyl (C=O) groups is 1. The van der Waals surface area contributed by atoms with Crippen LogP contribution in [0.3, 0.4) is 0 Å².